The van der Waals surface area contributed by atoms with Crippen molar-refractivity contribution in [3.63, 3.8) is 0 Å². The van der Waals surface area contributed by atoms with E-state index in [-0.39, 0.29) is 34.3 Å². The molecule has 0 unspecified atom stereocenters. The van der Waals surface area contributed by atoms with E-state index in [0.29, 0.717) is 19.0 Å². The molecule has 29 heavy (non-hydrogen) atoms. The predicted octanol–water partition coefficient (Wildman–Crippen LogP) is 3.37. The molecular weight excluding hydrogens is 424 g/mol. The van der Waals surface area contributed by atoms with Crippen LogP contribution >= 0.6 is 11.6 Å². The van der Waals surface area contributed by atoms with E-state index in [1.807, 2.05) is 6.19 Å². The van der Waals surface area contributed by atoms with Crippen LogP contribution < -0.4 is 4.74 Å². The highest BCUT2D eigenvalue weighted by atomic mass is 35.5. The SMILES string of the molecule is COc1ccc(Cl)cc1S(=O)(=O)N(Cc1ccc(F)cc1F)[C@@H]1CCN(C#N)C1. The second kappa shape index (κ2) is 8.53. The van der Waals surface area contributed by atoms with E-state index in [0.717, 1.165) is 10.4 Å². The van der Waals surface area contributed by atoms with Crippen LogP contribution in [0.5, 0.6) is 5.75 Å². The lowest BCUT2D eigenvalue weighted by Crippen LogP contribution is -2.41. The molecule has 0 bridgehead atoms. The monoisotopic (exact) mass is 441 g/mol. The molecule has 6 nitrogen and oxygen atoms in total. The molecule has 1 heterocycles. The number of hydrogen-bond donors (Lipinski definition) is 0. The molecule has 154 valence electrons. The van der Waals surface area contributed by atoms with E-state index >= 15 is 0 Å². The number of ether oxygens (including phenoxy) is 1. The van der Waals surface area contributed by atoms with Crippen LogP contribution in [0.3, 0.4) is 0 Å². The van der Waals surface area contributed by atoms with E-state index in [9.17, 15) is 17.2 Å². The topological polar surface area (TPSA) is 73.6 Å². The number of hydrogen-bond acceptors (Lipinski definition) is 5. The van der Waals surface area contributed by atoms with Gasteiger partial charge in [-0.2, -0.15) is 9.57 Å². The molecule has 1 atom stereocenters. The zero-order valence-corrected chi connectivity index (χ0v) is 17.1. The highest BCUT2D eigenvalue weighted by Gasteiger charge is 2.38. The van der Waals surface area contributed by atoms with Crippen molar-refractivity contribution in [1.29, 1.82) is 5.26 Å². The third-order valence-corrected chi connectivity index (χ3v) is 6.92. The number of nitriles is 1. The Morgan fingerprint density at radius 1 is 1.31 bits per heavy atom. The lowest BCUT2D eigenvalue weighted by atomic mass is 10.2. The summed E-state index contributed by atoms with van der Waals surface area (Å²) in [5.41, 5.74) is 0.0198. The fourth-order valence-electron chi connectivity index (χ4n) is 3.27. The smallest absolute Gasteiger partial charge is 0.247 e. The molecule has 0 saturated carbocycles. The van der Waals surface area contributed by atoms with Gasteiger partial charge in [0.1, 0.15) is 22.3 Å². The molecule has 1 aliphatic rings. The number of sulfonamides is 1. The van der Waals surface area contributed by atoms with Gasteiger partial charge in [-0.15, -0.1) is 0 Å². The van der Waals surface area contributed by atoms with Crippen LogP contribution in [0.15, 0.2) is 41.3 Å². The van der Waals surface area contributed by atoms with Crippen molar-refractivity contribution in [2.45, 2.75) is 23.9 Å². The summed E-state index contributed by atoms with van der Waals surface area (Å²) >= 11 is 6.00. The maximum atomic E-state index is 14.3. The standard InChI is InChI=1S/C19H18ClF2N3O3S/c1-28-18-5-3-14(20)8-19(18)29(26,27)25(16-6-7-24(11-16)12-23)10-13-2-4-15(21)9-17(13)22/h2-5,8-9,16H,6-7,10-11H2,1H3/t16-/m1/s1. The molecule has 3 rings (SSSR count). The molecule has 0 amide bonds. The first kappa shape index (κ1) is 21.3. The van der Waals surface area contributed by atoms with Gasteiger partial charge in [-0.1, -0.05) is 17.7 Å². The number of methoxy groups -OCH3 is 1. The van der Waals surface area contributed by atoms with Gasteiger partial charge in [-0.05, 0) is 30.7 Å². The summed E-state index contributed by atoms with van der Waals surface area (Å²) < 4.78 is 60.9. The second-order valence-electron chi connectivity index (χ2n) is 6.57. The third kappa shape index (κ3) is 4.45. The maximum Gasteiger partial charge on any atom is 0.247 e. The van der Waals surface area contributed by atoms with Crippen molar-refractivity contribution >= 4 is 21.6 Å². The highest BCUT2D eigenvalue weighted by Crippen LogP contribution is 2.33. The van der Waals surface area contributed by atoms with Crippen molar-refractivity contribution in [1.82, 2.24) is 9.21 Å². The van der Waals surface area contributed by atoms with Gasteiger partial charge in [0.25, 0.3) is 0 Å². The van der Waals surface area contributed by atoms with Crippen LogP contribution in [0.4, 0.5) is 8.78 Å². The summed E-state index contributed by atoms with van der Waals surface area (Å²) in [7, 11) is -2.85. The molecule has 0 aliphatic carbocycles. The van der Waals surface area contributed by atoms with Gasteiger partial charge >= 0.3 is 0 Å². The molecule has 0 radical (unpaired) electrons. The van der Waals surface area contributed by atoms with E-state index < -0.39 is 27.7 Å². The van der Waals surface area contributed by atoms with Crippen LogP contribution in [-0.4, -0.2) is 43.9 Å². The van der Waals surface area contributed by atoms with E-state index in [1.54, 1.807) is 0 Å². The summed E-state index contributed by atoms with van der Waals surface area (Å²) in [4.78, 5) is 1.27. The van der Waals surface area contributed by atoms with Crippen molar-refractivity contribution in [2.75, 3.05) is 20.2 Å². The van der Waals surface area contributed by atoms with Crippen molar-refractivity contribution in [3.05, 3.63) is 58.6 Å². The minimum Gasteiger partial charge on any atom is -0.495 e. The summed E-state index contributed by atoms with van der Waals surface area (Å²) in [6.45, 7) is 0.223. The largest absolute Gasteiger partial charge is 0.495 e. The molecule has 2 aromatic carbocycles. The minimum atomic E-state index is -4.18. The molecule has 1 aliphatic heterocycles. The Hall–Kier alpha value is -2.41. The lowest BCUT2D eigenvalue weighted by molar-refractivity contribution is 0.308. The quantitative estimate of drug-likeness (QED) is 0.642. The number of nitrogens with zero attached hydrogens (tertiary/aromatic N) is 3. The van der Waals surface area contributed by atoms with Crippen molar-refractivity contribution < 1.29 is 21.9 Å². The van der Waals surface area contributed by atoms with Crippen LogP contribution in [0.1, 0.15) is 12.0 Å². The molecular formula is C19H18ClF2N3O3S. The summed E-state index contributed by atoms with van der Waals surface area (Å²) in [6, 6.07) is 6.60. The molecule has 0 aromatic heterocycles. The molecule has 2 aromatic rings. The Morgan fingerprint density at radius 2 is 2.07 bits per heavy atom. The van der Waals surface area contributed by atoms with Gasteiger partial charge < -0.3 is 9.64 Å². The van der Waals surface area contributed by atoms with Gasteiger partial charge in [0.05, 0.1) is 7.11 Å². The van der Waals surface area contributed by atoms with Crippen molar-refractivity contribution in [3.8, 4) is 11.9 Å². The Kier molecular flexibility index (Phi) is 6.27. The first-order chi connectivity index (χ1) is 13.8. The highest BCUT2D eigenvalue weighted by molar-refractivity contribution is 7.89. The van der Waals surface area contributed by atoms with Crippen molar-refractivity contribution in [2.24, 2.45) is 0 Å². The first-order valence-electron chi connectivity index (χ1n) is 8.70. The van der Waals surface area contributed by atoms with Gasteiger partial charge in [-0.25, -0.2) is 17.2 Å². The summed E-state index contributed by atoms with van der Waals surface area (Å²) in [6.07, 6.45) is 2.38. The zero-order chi connectivity index (χ0) is 21.2. The fourth-order valence-corrected chi connectivity index (χ4v) is 5.32. The van der Waals surface area contributed by atoms with Gasteiger partial charge in [0, 0.05) is 42.3 Å². The normalized spacial score (nSPS) is 16.8. The Labute approximate surface area is 172 Å². The number of benzene rings is 2. The van der Waals surface area contributed by atoms with Gasteiger partial charge in [-0.3, -0.25) is 0 Å². The molecule has 10 heteroatoms. The fraction of sp³-hybridized carbons (Fsp3) is 0.316. The molecule has 0 spiro atoms. The summed E-state index contributed by atoms with van der Waals surface area (Å²) in [5, 5.41) is 9.33. The number of rotatable bonds is 6. The van der Waals surface area contributed by atoms with Crippen LogP contribution in [0, 0.1) is 23.1 Å². The van der Waals surface area contributed by atoms with Crippen LogP contribution in [-0.2, 0) is 16.6 Å². The van der Waals surface area contributed by atoms with Crippen LogP contribution in [0.2, 0.25) is 5.02 Å². The minimum absolute atomic E-state index is 0.0198. The summed E-state index contributed by atoms with van der Waals surface area (Å²) in [5.74, 6) is -1.51. The maximum absolute atomic E-state index is 14.3. The number of likely N-dealkylation sites (tertiary alicyclic amines) is 1. The van der Waals surface area contributed by atoms with E-state index in [2.05, 4.69) is 0 Å². The number of halogens is 3. The van der Waals surface area contributed by atoms with E-state index in [1.165, 1.54) is 36.3 Å². The first-order valence-corrected chi connectivity index (χ1v) is 10.5. The lowest BCUT2D eigenvalue weighted by Gasteiger charge is -2.28. The molecule has 1 fully saturated rings. The van der Waals surface area contributed by atoms with Gasteiger partial charge in [0.15, 0.2) is 6.19 Å². The zero-order valence-electron chi connectivity index (χ0n) is 15.5. The Morgan fingerprint density at radius 3 is 2.69 bits per heavy atom. The average Bonchev–Trinajstić information content (AvgIpc) is 3.16. The van der Waals surface area contributed by atoms with Gasteiger partial charge in [0.2, 0.25) is 10.0 Å². The second-order valence-corrected chi connectivity index (χ2v) is 8.87. The predicted molar refractivity (Wildman–Crippen MR) is 103 cm³/mol. The Bertz CT molecular complexity index is 1060. The average molecular weight is 442 g/mol. The Balaban J connectivity index is 2.07. The molecule has 0 N–H and O–H groups in total. The third-order valence-electron chi connectivity index (χ3n) is 4.77. The van der Waals surface area contributed by atoms with E-state index in [4.69, 9.17) is 21.6 Å². The van der Waals surface area contributed by atoms with Crippen LogP contribution in [0.25, 0.3) is 0 Å². The molecule has 1 saturated heterocycles.